The van der Waals surface area contributed by atoms with Crippen molar-refractivity contribution in [3.63, 3.8) is 0 Å². The third kappa shape index (κ3) is 2.38. The standard InChI is InChI=1S/C15H15FN6O2/c1-23-10-2-3-18-11(6-10)24-15-12-13(17)19-7-20-14(12)21-22(15)9-4-8(16)5-9/h2-3,6-9H,4-5H2,1H3,(H2,17,19,20,21). The summed E-state index contributed by atoms with van der Waals surface area (Å²) in [4.78, 5) is 12.3. The van der Waals surface area contributed by atoms with E-state index in [0.29, 0.717) is 41.4 Å². The van der Waals surface area contributed by atoms with Crippen LogP contribution in [0.1, 0.15) is 18.9 Å². The molecule has 1 aliphatic carbocycles. The number of hydrogen-bond donors (Lipinski definition) is 1. The maximum atomic E-state index is 13.3. The smallest absolute Gasteiger partial charge is 0.233 e. The zero-order valence-electron chi connectivity index (χ0n) is 12.9. The summed E-state index contributed by atoms with van der Waals surface area (Å²) in [6, 6.07) is 3.25. The van der Waals surface area contributed by atoms with Crippen LogP contribution in [-0.4, -0.2) is 38.0 Å². The van der Waals surface area contributed by atoms with Gasteiger partial charge < -0.3 is 15.2 Å². The van der Waals surface area contributed by atoms with E-state index < -0.39 is 6.17 Å². The van der Waals surface area contributed by atoms with E-state index in [9.17, 15) is 4.39 Å². The molecular weight excluding hydrogens is 315 g/mol. The van der Waals surface area contributed by atoms with Crippen LogP contribution in [0.25, 0.3) is 11.0 Å². The highest BCUT2D eigenvalue weighted by atomic mass is 19.1. The van der Waals surface area contributed by atoms with Crippen molar-refractivity contribution < 1.29 is 13.9 Å². The molecule has 0 unspecified atom stereocenters. The Morgan fingerprint density at radius 1 is 1.29 bits per heavy atom. The predicted octanol–water partition coefficient (Wildman–Crippen LogP) is 2.28. The Balaban J connectivity index is 1.80. The normalized spacial score (nSPS) is 19.9. The summed E-state index contributed by atoms with van der Waals surface area (Å²) < 4.78 is 26.0. The van der Waals surface area contributed by atoms with Gasteiger partial charge in [0.05, 0.1) is 13.2 Å². The van der Waals surface area contributed by atoms with E-state index in [4.69, 9.17) is 15.2 Å². The van der Waals surface area contributed by atoms with Crippen molar-refractivity contribution in [1.29, 1.82) is 0 Å². The molecule has 1 fully saturated rings. The number of fused-ring (bicyclic) bond motifs is 1. The Morgan fingerprint density at radius 2 is 2.12 bits per heavy atom. The van der Waals surface area contributed by atoms with E-state index in [1.807, 2.05) is 0 Å². The van der Waals surface area contributed by atoms with E-state index in [-0.39, 0.29) is 11.9 Å². The number of rotatable bonds is 4. The number of nitrogen functional groups attached to an aromatic ring is 1. The topological polar surface area (TPSA) is 101 Å². The van der Waals surface area contributed by atoms with Gasteiger partial charge in [-0.05, 0) is 6.07 Å². The number of aromatic nitrogens is 5. The summed E-state index contributed by atoms with van der Waals surface area (Å²) in [7, 11) is 1.56. The second kappa shape index (κ2) is 5.59. The fraction of sp³-hybridized carbons (Fsp3) is 0.333. The van der Waals surface area contributed by atoms with E-state index in [1.54, 1.807) is 30.1 Å². The Morgan fingerprint density at radius 3 is 2.88 bits per heavy atom. The number of nitrogens with two attached hydrogens (primary N) is 1. The van der Waals surface area contributed by atoms with Crippen LogP contribution >= 0.6 is 0 Å². The number of anilines is 1. The predicted molar refractivity (Wildman–Crippen MR) is 83.8 cm³/mol. The lowest BCUT2D eigenvalue weighted by Gasteiger charge is -2.30. The van der Waals surface area contributed by atoms with Crippen LogP contribution in [0.3, 0.4) is 0 Å². The van der Waals surface area contributed by atoms with Crippen molar-refractivity contribution in [2.75, 3.05) is 12.8 Å². The van der Waals surface area contributed by atoms with Gasteiger partial charge in [0.25, 0.3) is 0 Å². The SMILES string of the molecule is COc1ccnc(Oc2c3c(N)ncnc3nn2C2CC(F)C2)c1. The van der Waals surface area contributed by atoms with Gasteiger partial charge in [-0.1, -0.05) is 0 Å². The molecule has 3 aromatic rings. The van der Waals surface area contributed by atoms with Crippen LogP contribution in [0, 0.1) is 0 Å². The van der Waals surface area contributed by atoms with Gasteiger partial charge in [-0.3, -0.25) is 0 Å². The van der Waals surface area contributed by atoms with Gasteiger partial charge in [0.1, 0.15) is 29.5 Å². The summed E-state index contributed by atoms with van der Waals surface area (Å²) in [6.45, 7) is 0. The van der Waals surface area contributed by atoms with E-state index in [1.165, 1.54) is 6.33 Å². The second-order valence-electron chi connectivity index (χ2n) is 5.57. The maximum Gasteiger partial charge on any atom is 0.233 e. The minimum Gasteiger partial charge on any atom is -0.497 e. The number of halogens is 1. The van der Waals surface area contributed by atoms with E-state index in [0.717, 1.165) is 0 Å². The summed E-state index contributed by atoms with van der Waals surface area (Å²) in [5, 5.41) is 4.89. The molecule has 0 bridgehead atoms. The third-order valence-electron chi connectivity index (χ3n) is 4.03. The van der Waals surface area contributed by atoms with E-state index >= 15 is 0 Å². The minimum atomic E-state index is -0.825. The molecule has 0 atom stereocenters. The Labute approximate surface area is 136 Å². The summed E-state index contributed by atoms with van der Waals surface area (Å²) in [5.74, 6) is 1.53. The van der Waals surface area contributed by atoms with Crippen molar-refractivity contribution in [2.24, 2.45) is 0 Å². The summed E-state index contributed by atoms with van der Waals surface area (Å²) in [5.41, 5.74) is 6.37. The number of hydrogen-bond acceptors (Lipinski definition) is 7. The summed E-state index contributed by atoms with van der Waals surface area (Å²) >= 11 is 0. The molecule has 1 aliphatic rings. The monoisotopic (exact) mass is 330 g/mol. The molecule has 2 N–H and O–H groups in total. The number of methoxy groups -OCH3 is 1. The van der Waals surface area contributed by atoms with Gasteiger partial charge in [0.2, 0.25) is 11.8 Å². The van der Waals surface area contributed by atoms with Crippen molar-refractivity contribution >= 4 is 16.9 Å². The third-order valence-corrected chi connectivity index (χ3v) is 4.03. The number of pyridine rings is 1. The van der Waals surface area contributed by atoms with E-state index in [2.05, 4.69) is 20.1 Å². The molecule has 3 aromatic heterocycles. The average Bonchev–Trinajstić information content (AvgIpc) is 2.91. The first-order valence-corrected chi connectivity index (χ1v) is 7.46. The first-order valence-electron chi connectivity index (χ1n) is 7.46. The lowest BCUT2D eigenvalue weighted by Crippen LogP contribution is -2.28. The van der Waals surface area contributed by atoms with Gasteiger partial charge >= 0.3 is 0 Å². The molecule has 0 aromatic carbocycles. The summed E-state index contributed by atoms with van der Waals surface area (Å²) in [6.07, 6.45) is 2.83. The van der Waals surface area contributed by atoms with Crippen molar-refractivity contribution in [2.45, 2.75) is 25.1 Å². The molecule has 0 saturated heterocycles. The fourth-order valence-corrected chi connectivity index (χ4v) is 2.67. The number of ether oxygens (including phenoxy) is 2. The maximum absolute atomic E-state index is 13.3. The molecule has 1 saturated carbocycles. The highest BCUT2D eigenvalue weighted by Crippen LogP contribution is 2.41. The minimum absolute atomic E-state index is 0.103. The average molecular weight is 330 g/mol. The lowest BCUT2D eigenvalue weighted by molar-refractivity contribution is 0.122. The molecule has 24 heavy (non-hydrogen) atoms. The molecule has 4 rings (SSSR count). The zero-order valence-corrected chi connectivity index (χ0v) is 12.9. The van der Waals surface area contributed by atoms with Crippen LogP contribution in [0.2, 0.25) is 0 Å². The van der Waals surface area contributed by atoms with Gasteiger partial charge in [0, 0.05) is 25.1 Å². The second-order valence-corrected chi connectivity index (χ2v) is 5.57. The molecule has 3 heterocycles. The van der Waals surface area contributed by atoms with Gasteiger partial charge in [-0.2, -0.15) is 0 Å². The largest absolute Gasteiger partial charge is 0.497 e. The van der Waals surface area contributed by atoms with Crippen LogP contribution in [0.5, 0.6) is 17.5 Å². The highest BCUT2D eigenvalue weighted by Gasteiger charge is 2.34. The quantitative estimate of drug-likeness (QED) is 0.783. The lowest BCUT2D eigenvalue weighted by atomic mass is 9.91. The molecule has 0 amide bonds. The Bertz CT molecular complexity index is 893. The molecule has 0 aliphatic heterocycles. The first kappa shape index (κ1) is 14.6. The number of alkyl halides is 1. The van der Waals surface area contributed by atoms with Crippen molar-refractivity contribution in [3.8, 4) is 17.5 Å². The Hall–Kier alpha value is -2.97. The molecular formula is C15H15FN6O2. The van der Waals surface area contributed by atoms with Crippen molar-refractivity contribution in [1.82, 2.24) is 24.7 Å². The van der Waals surface area contributed by atoms with Crippen LogP contribution in [0.15, 0.2) is 24.7 Å². The van der Waals surface area contributed by atoms with Gasteiger partial charge in [-0.25, -0.2) is 24.0 Å². The van der Waals surface area contributed by atoms with Crippen LogP contribution in [-0.2, 0) is 0 Å². The van der Waals surface area contributed by atoms with Crippen molar-refractivity contribution in [3.05, 3.63) is 24.7 Å². The highest BCUT2D eigenvalue weighted by molar-refractivity contribution is 5.90. The van der Waals surface area contributed by atoms with Crippen LogP contribution in [0.4, 0.5) is 10.2 Å². The Kier molecular flexibility index (Phi) is 3.40. The fourth-order valence-electron chi connectivity index (χ4n) is 2.67. The molecule has 0 spiro atoms. The van der Waals surface area contributed by atoms with Gasteiger partial charge in [0.15, 0.2) is 5.65 Å². The number of nitrogens with zero attached hydrogens (tertiary/aromatic N) is 5. The molecule has 8 nitrogen and oxygen atoms in total. The zero-order chi connectivity index (χ0) is 16.7. The molecule has 9 heteroatoms. The molecule has 0 radical (unpaired) electrons. The van der Waals surface area contributed by atoms with Gasteiger partial charge in [-0.15, -0.1) is 5.10 Å². The first-order chi connectivity index (χ1) is 11.7. The van der Waals surface area contributed by atoms with Crippen LogP contribution < -0.4 is 15.2 Å². The molecule has 124 valence electrons.